The fraction of sp³-hybridized carbons (Fsp3) is 0.500. The maximum atomic E-state index is 12.6. The molecule has 1 amide bonds. The highest BCUT2D eigenvalue weighted by Gasteiger charge is 2.28. The largest absolute Gasteiger partial charge is 0.342 e. The Labute approximate surface area is 164 Å². The molecule has 1 N–H and O–H groups in total. The molecule has 8 heteroatoms. The molecule has 0 saturated carbocycles. The summed E-state index contributed by atoms with van der Waals surface area (Å²) in [5.41, 5.74) is 0.898. The summed E-state index contributed by atoms with van der Waals surface area (Å²) >= 11 is 6.17. The summed E-state index contributed by atoms with van der Waals surface area (Å²) in [5.74, 6) is 2.66. The van der Waals surface area contributed by atoms with Crippen molar-refractivity contribution in [1.82, 2.24) is 25.0 Å². The molecule has 2 aliphatic rings. The summed E-state index contributed by atoms with van der Waals surface area (Å²) in [7, 11) is 0. The first-order chi connectivity index (χ1) is 12.2. The zero-order valence-corrected chi connectivity index (χ0v) is 16.1. The number of benzene rings is 1. The van der Waals surface area contributed by atoms with E-state index in [1.807, 2.05) is 29.2 Å². The number of nitrogens with zero attached hydrogens (tertiary/aromatic N) is 4. The molecule has 1 fully saturated rings. The number of nitrogens with one attached hydrogen (secondary N) is 1. The molecule has 0 bridgehead atoms. The zero-order chi connectivity index (χ0) is 17.2. The molecule has 0 atom stereocenters. The summed E-state index contributed by atoms with van der Waals surface area (Å²) in [6.45, 7) is 4.24. The van der Waals surface area contributed by atoms with Gasteiger partial charge in [0, 0.05) is 37.1 Å². The number of aromatic nitrogens is 3. The maximum Gasteiger partial charge on any atom is 0.227 e. The van der Waals surface area contributed by atoms with Crippen LogP contribution in [0.4, 0.5) is 0 Å². The lowest BCUT2D eigenvalue weighted by atomic mass is 9.95. The van der Waals surface area contributed by atoms with E-state index in [9.17, 15) is 4.79 Å². The summed E-state index contributed by atoms with van der Waals surface area (Å²) in [6.07, 6.45) is 2.26. The van der Waals surface area contributed by atoms with Gasteiger partial charge in [0.05, 0.1) is 13.0 Å². The highest BCUT2D eigenvalue weighted by atomic mass is 35.5. The molecule has 1 saturated heterocycles. The molecule has 140 valence electrons. The lowest BCUT2D eigenvalue weighted by molar-refractivity contribution is -0.131. The quantitative estimate of drug-likeness (QED) is 0.866. The minimum Gasteiger partial charge on any atom is -0.342 e. The Hall–Kier alpha value is -1.63. The molecule has 1 aromatic heterocycles. The second-order valence-corrected chi connectivity index (χ2v) is 7.13. The molecule has 0 unspecified atom stereocenters. The van der Waals surface area contributed by atoms with Crippen LogP contribution >= 0.6 is 24.0 Å². The van der Waals surface area contributed by atoms with Crippen LogP contribution in [-0.4, -0.2) is 45.2 Å². The average Bonchev–Trinajstić information content (AvgIpc) is 3.08. The zero-order valence-electron chi connectivity index (χ0n) is 14.5. The van der Waals surface area contributed by atoms with Gasteiger partial charge in [-0.25, -0.2) is 0 Å². The molecule has 0 radical (unpaired) electrons. The van der Waals surface area contributed by atoms with Gasteiger partial charge in [0.2, 0.25) is 5.91 Å². The second-order valence-electron chi connectivity index (χ2n) is 6.73. The number of carbonyl (C=O) groups is 1. The van der Waals surface area contributed by atoms with Gasteiger partial charge in [0.25, 0.3) is 0 Å². The first-order valence-electron chi connectivity index (χ1n) is 8.86. The molecule has 0 aliphatic carbocycles. The SMILES string of the molecule is Cl.O=C(Cc1ccccc1Cl)N1CCC(c2nnc3n2CCNC3)CC1. The summed E-state index contributed by atoms with van der Waals surface area (Å²) in [4.78, 5) is 14.5. The van der Waals surface area contributed by atoms with Crippen molar-refractivity contribution in [3.63, 3.8) is 0 Å². The van der Waals surface area contributed by atoms with Crippen molar-refractivity contribution in [1.29, 1.82) is 0 Å². The molecular weight excluding hydrogens is 373 g/mol. The number of hydrogen-bond donors (Lipinski definition) is 1. The molecular formula is C18H23Cl2N5O. The Morgan fingerprint density at radius 2 is 1.96 bits per heavy atom. The standard InChI is InChI=1S/C18H22ClN5O.ClH/c19-15-4-2-1-3-14(15)11-17(25)23-8-5-13(6-9-23)18-22-21-16-12-20-7-10-24(16)18;/h1-4,13,20H,5-12H2;1H. The topological polar surface area (TPSA) is 63.1 Å². The first-order valence-corrected chi connectivity index (χ1v) is 9.24. The predicted molar refractivity (Wildman–Crippen MR) is 103 cm³/mol. The van der Waals surface area contributed by atoms with Crippen molar-refractivity contribution >= 4 is 29.9 Å². The van der Waals surface area contributed by atoms with E-state index in [4.69, 9.17) is 11.6 Å². The van der Waals surface area contributed by atoms with E-state index < -0.39 is 0 Å². The number of hydrogen-bond acceptors (Lipinski definition) is 4. The van der Waals surface area contributed by atoms with Crippen LogP contribution < -0.4 is 5.32 Å². The molecule has 6 nitrogen and oxygen atoms in total. The fourth-order valence-electron chi connectivity index (χ4n) is 3.72. The fourth-order valence-corrected chi connectivity index (χ4v) is 3.92. The third-order valence-electron chi connectivity index (χ3n) is 5.16. The van der Waals surface area contributed by atoms with Crippen molar-refractivity contribution in [2.24, 2.45) is 0 Å². The van der Waals surface area contributed by atoms with Gasteiger partial charge in [0.15, 0.2) is 0 Å². The smallest absolute Gasteiger partial charge is 0.227 e. The summed E-state index contributed by atoms with van der Waals surface area (Å²) in [5, 5.41) is 12.7. The number of fused-ring (bicyclic) bond motifs is 1. The molecule has 1 aromatic carbocycles. The Kier molecular flexibility index (Phi) is 6.16. The van der Waals surface area contributed by atoms with Gasteiger partial charge in [-0.15, -0.1) is 22.6 Å². The Morgan fingerprint density at radius 1 is 1.19 bits per heavy atom. The van der Waals surface area contributed by atoms with Crippen LogP contribution in [0.1, 0.15) is 36.0 Å². The normalized spacial score (nSPS) is 17.5. The molecule has 2 aromatic rings. The predicted octanol–water partition coefficient (Wildman–Crippen LogP) is 2.41. The highest BCUT2D eigenvalue weighted by Crippen LogP contribution is 2.28. The van der Waals surface area contributed by atoms with E-state index in [1.165, 1.54) is 0 Å². The van der Waals surface area contributed by atoms with Gasteiger partial charge in [-0.2, -0.15) is 0 Å². The van der Waals surface area contributed by atoms with Crippen LogP contribution in [0.5, 0.6) is 0 Å². The maximum absolute atomic E-state index is 12.6. The van der Waals surface area contributed by atoms with E-state index in [0.29, 0.717) is 17.4 Å². The Bertz CT molecular complexity index is 771. The van der Waals surface area contributed by atoms with Gasteiger partial charge < -0.3 is 14.8 Å². The minimum atomic E-state index is 0. The molecule has 26 heavy (non-hydrogen) atoms. The van der Waals surface area contributed by atoms with Crippen LogP contribution in [-0.2, 0) is 24.3 Å². The lowest BCUT2D eigenvalue weighted by Gasteiger charge is -2.32. The highest BCUT2D eigenvalue weighted by molar-refractivity contribution is 6.31. The van der Waals surface area contributed by atoms with Crippen LogP contribution in [0.2, 0.25) is 5.02 Å². The second kappa shape index (κ2) is 8.37. The van der Waals surface area contributed by atoms with Crippen molar-refractivity contribution in [3.8, 4) is 0 Å². The van der Waals surface area contributed by atoms with Crippen LogP contribution in [0.15, 0.2) is 24.3 Å². The van der Waals surface area contributed by atoms with Crippen LogP contribution in [0.25, 0.3) is 0 Å². The van der Waals surface area contributed by atoms with E-state index in [1.54, 1.807) is 0 Å². The van der Waals surface area contributed by atoms with Gasteiger partial charge in [0.1, 0.15) is 11.6 Å². The number of likely N-dealkylation sites (tertiary alicyclic amines) is 1. The third-order valence-corrected chi connectivity index (χ3v) is 5.53. The summed E-state index contributed by atoms with van der Waals surface area (Å²) in [6, 6.07) is 7.56. The number of halogens is 2. The number of piperidine rings is 1. The lowest BCUT2D eigenvalue weighted by Crippen LogP contribution is -2.39. The first kappa shape index (κ1) is 19.1. The molecule has 3 heterocycles. The molecule has 2 aliphatic heterocycles. The summed E-state index contributed by atoms with van der Waals surface area (Å²) < 4.78 is 2.25. The Morgan fingerprint density at radius 3 is 2.73 bits per heavy atom. The van der Waals surface area contributed by atoms with E-state index in [0.717, 1.165) is 62.8 Å². The number of carbonyl (C=O) groups excluding carboxylic acids is 1. The van der Waals surface area contributed by atoms with Gasteiger partial charge in [-0.1, -0.05) is 29.8 Å². The van der Waals surface area contributed by atoms with Crippen molar-refractivity contribution < 1.29 is 4.79 Å². The number of amides is 1. The van der Waals surface area contributed by atoms with E-state index in [-0.39, 0.29) is 18.3 Å². The number of rotatable bonds is 3. The van der Waals surface area contributed by atoms with Gasteiger partial charge in [-0.3, -0.25) is 4.79 Å². The minimum absolute atomic E-state index is 0. The molecule has 4 rings (SSSR count). The van der Waals surface area contributed by atoms with Crippen molar-refractivity contribution in [3.05, 3.63) is 46.5 Å². The van der Waals surface area contributed by atoms with Crippen molar-refractivity contribution in [2.75, 3.05) is 19.6 Å². The van der Waals surface area contributed by atoms with Crippen LogP contribution in [0, 0.1) is 0 Å². The average molecular weight is 396 g/mol. The molecule has 0 spiro atoms. The van der Waals surface area contributed by atoms with Gasteiger partial charge in [-0.05, 0) is 24.5 Å². The monoisotopic (exact) mass is 395 g/mol. The van der Waals surface area contributed by atoms with Crippen LogP contribution in [0.3, 0.4) is 0 Å². The van der Waals surface area contributed by atoms with E-state index in [2.05, 4.69) is 20.1 Å². The Balaban J connectivity index is 0.00000196. The van der Waals surface area contributed by atoms with Gasteiger partial charge >= 0.3 is 0 Å². The third kappa shape index (κ3) is 3.87. The van der Waals surface area contributed by atoms with E-state index >= 15 is 0 Å². The van der Waals surface area contributed by atoms with Crippen molar-refractivity contribution in [2.45, 2.75) is 38.3 Å².